The molecule has 2 aliphatic rings. The predicted octanol–water partition coefficient (Wildman–Crippen LogP) is 4.96. The molecule has 3 aromatic rings. The lowest BCUT2D eigenvalue weighted by atomic mass is 9.89. The number of rotatable bonds is 4. The van der Waals surface area contributed by atoms with Crippen molar-refractivity contribution >= 4 is 33.0 Å². The van der Waals surface area contributed by atoms with Crippen LogP contribution in [0.25, 0.3) is 0 Å². The number of hydrogen-bond donors (Lipinski definition) is 2. The van der Waals surface area contributed by atoms with E-state index in [0.717, 1.165) is 37.1 Å². The minimum atomic E-state index is -3.70. The van der Waals surface area contributed by atoms with Crippen LogP contribution in [0, 0.1) is 0 Å². The maximum Gasteiger partial charge on any atom is 0.207 e. The van der Waals surface area contributed by atoms with Gasteiger partial charge >= 0.3 is 0 Å². The van der Waals surface area contributed by atoms with Crippen molar-refractivity contribution in [2.75, 3.05) is 10.6 Å². The van der Waals surface area contributed by atoms with E-state index in [1.807, 2.05) is 12.1 Å². The molecular formula is C22H22N4O2S2. The van der Waals surface area contributed by atoms with Crippen molar-refractivity contribution in [1.82, 2.24) is 9.97 Å². The van der Waals surface area contributed by atoms with Gasteiger partial charge in [0.15, 0.2) is 5.16 Å². The number of benzene rings is 2. The minimum absolute atomic E-state index is 0.206. The lowest BCUT2D eigenvalue weighted by molar-refractivity contribution is 0.367. The van der Waals surface area contributed by atoms with E-state index in [1.54, 1.807) is 48.8 Å². The van der Waals surface area contributed by atoms with Gasteiger partial charge in [0.25, 0.3) is 0 Å². The summed E-state index contributed by atoms with van der Waals surface area (Å²) in [5.74, 6) is 0. The molecule has 1 aromatic heterocycles. The summed E-state index contributed by atoms with van der Waals surface area (Å²) in [6.07, 6.45) is 8.87. The van der Waals surface area contributed by atoms with Crippen LogP contribution in [0.1, 0.15) is 32.1 Å². The zero-order valence-electron chi connectivity index (χ0n) is 16.3. The molecule has 1 aliphatic carbocycles. The van der Waals surface area contributed by atoms with Gasteiger partial charge in [-0.25, -0.2) is 18.4 Å². The third kappa shape index (κ3) is 3.44. The lowest BCUT2D eigenvalue weighted by Crippen LogP contribution is -2.43. The Hall–Kier alpha value is -2.58. The second-order valence-corrected chi connectivity index (χ2v) is 10.6. The lowest BCUT2D eigenvalue weighted by Gasteiger charge is -2.34. The molecule has 1 aliphatic heterocycles. The summed E-state index contributed by atoms with van der Waals surface area (Å²) in [6, 6.07) is 13.9. The number of nitrogens with zero attached hydrogens (tertiary/aromatic N) is 2. The summed E-state index contributed by atoms with van der Waals surface area (Å²) < 4.78 is 27.0. The van der Waals surface area contributed by atoms with Gasteiger partial charge in [0.05, 0.1) is 26.1 Å². The summed E-state index contributed by atoms with van der Waals surface area (Å²) in [5, 5.41) is 7.80. The molecule has 0 saturated heterocycles. The van der Waals surface area contributed by atoms with Crippen molar-refractivity contribution in [2.45, 2.75) is 57.6 Å². The Balaban J connectivity index is 1.64. The van der Waals surface area contributed by atoms with Gasteiger partial charge in [-0.3, -0.25) is 0 Å². The second-order valence-electron chi connectivity index (χ2n) is 7.66. The molecule has 0 atom stereocenters. The SMILES string of the molecule is O=S(=O)(c1ccccc1)c1ccc2c(c1Sc1ncccn1)NC1(CCCCC1)N2. The van der Waals surface area contributed by atoms with Crippen LogP contribution in [0.2, 0.25) is 0 Å². The number of nitrogens with one attached hydrogen (secondary N) is 2. The highest BCUT2D eigenvalue weighted by Crippen LogP contribution is 2.49. The molecule has 154 valence electrons. The van der Waals surface area contributed by atoms with E-state index in [4.69, 9.17) is 0 Å². The molecule has 1 fully saturated rings. The molecule has 0 amide bonds. The maximum absolute atomic E-state index is 13.5. The number of sulfone groups is 1. The van der Waals surface area contributed by atoms with Gasteiger partial charge in [0.2, 0.25) is 9.84 Å². The smallest absolute Gasteiger partial charge is 0.207 e. The third-order valence-corrected chi connectivity index (χ3v) is 8.61. The van der Waals surface area contributed by atoms with Crippen molar-refractivity contribution < 1.29 is 8.42 Å². The van der Waals surface area contributed by atoms with E-state index < -0.39 is 9.84 Å². The highest BCUT2D eigenvalue weighted by atomic mass is 32.2. The maximum atomic E-state index is 13.5. The van der Waals surface area contributed by atoms with Crippen molar-refractivity contribution in [2.24, 2.45) is 0 Å². The molecule has 1 saturated carbocycles. The van der Waals surface area contributed by atoms with Crippen molar-refractivity contribution in [1.29, 1.82) is 0 Å². The summed E-state index contributed by atoms with van der Waals surface area (Å²) >= 11 is 1.28. The molecule has 6 nitrogen and oxygen atoms in total. The highest BCUT2D eigenvalue weighted by Gasteiger charge is 2.40. The Morgan fingerprint density at radius 1 is 0.867 bits per heavy atom. The van der Waals surface area contributed by atoms with Crippen LogP contribution in [0.3, 0.4) is 0 Å². The fraction of sp³-hybridized carbons (Fsp3) is 0.273. The fourth-order valence-electron chi connectivity index (χ4n) is 4.19. The Bertz CT molecular complexity index is 1160. The molecule has 0 radical (unpaired) electrons. The van der Waals surface area contributed by atoms with E-state index >= 15 is 0 Å². The van der Waals surface area contributed by atoms with Crippen molar-refractivity contribution in [3.63, 3.8) is 0 Å². The van der Waals surface area contributed by atoms with Crippen LogP contribution in [-0.4, -0.2) is 24.0 Å². The predicted molar refractivity (Wildman–Crippen MR) is 118 cm³/mol. The number of anilines is 2. The number of fused-ring (bicyclic) bond motifs is 1. The first kappa shape index (κ1) is 19.4. The highest BCUT2D eigenvalue weighted by molar-refractivity contribution is 8.00. The zero-order chi connectivity index (χ0) is 20.6. The van der Waals surface area contributed by atoms with Crippen LogP contribution in [0.15, 0.2) is 80.8 Å². The molecule has 1 spiro atoms. The standard InChI is InChI=1S/C22H22N4O2S2/c27-30(28,16-8-3-1-4-9-16)18-11-10-17-19(20(18)29-21-23-14-7-15-24-21)26-22(25-17)12-5-2-6-13-22/h1,3-4,7-11,14-15,25-26H,2,5-6,12-13H2. The molecule has 2 aromatic carbocycles. The summed E-state index contributed by atoms with van der Waals surface area (Å²) in [6.45, 7) is 0. The van der Waals surface area contributed by atoms with Crippen LogP contribution in [0.5, 0.6) is 0 Å². The minimum Gasteiger partial charge on any atom is -0.361 e. The van der Waals surface area contributed by atoms with Gasteiger partial charge in [-0.2, -0.15) is 0 Å². The van der Waals surface area contributed by atoms with Crippen molar-refractivity contribution in [3.05, 3.63) is 60.9 Å². The Morgan fingerprint density at radius 3 is 2.33 bits per heavy atom. The first-order valence-electron chi connectivity index (χ1n) is 10.1. The summed E-state index contributed by atoms with van der Waals surface area (Å²) in [7, 11) is -3.70. The van der Waals surface area contributed by atoms with Crippen molar-refractivity contribution in [3.8, 4) is 0 Å². The Labute approximate surface area is 180 Å². The van der Waals surface area contributed by atoms with E-state index in [1.165, 1.54) is 18.2 Å². The van der Waals surface area contributed by atoms with Crippen LogP contribution in [0.4, 0.5) is 11.4 Å². The Morgan fingerprint density at radius 2 is 1.60 bits per heavy atom. The molecule has 2 N–H and O–H groups in total. The van der Waals surface area contributed by atoms with Gasteiger partial charge in [0.1, 0.15) is 5.66 Å². The van der Waals surface area contributed by atoms with E-state index in [9.17, 15) is 8.42 Å². The number of hydrogen-bond acceptors (Lipinski definition) is 7. The fourth-order valence-corrected chi connectivity index (χ4v) is 6.85. The first-order valence-corrected chi connectivity index (χ1v) is 12.4. The topological polar surface area (TPSA) is 84.0 Å². The monoisotopic (exact) mass is 438 g/mol. The summed E-state index contributed by atoms with van der Waals surface area (Å²) in [5.41, 5.74) is 1.55. The van der Waals surface area contributed by atoms with Crippen LogP contribution in [-0.2, 0) is 9.84 Å². The van der Waals surface area contributed by atoms with Gasteiger partial charge in [-0.15, -0.1) is 0 Å². The van der Waals surface area contributed by atoms with E-state index in [0.29, 0.717) is 10.1 Å². The van der Waals surface area contributed by atoms with Crippen LogP contribution >= 0.6 is 11.8 Å². The van der Waals surface area contributed by atoms with E-state index in [2.05, 4.69) is 20.6 Å². The van der Waals surface area contributed by atoms with Gasteiger partial charge in [0, 0.05) is 12.4 Å². The second kappa shape index (κ2) is 7.59. The molecular weight excluding hydrogens is 416 g/mol. The molecule has 2 heterocycles. The number of aromatic nitrogens is 2. The van der Waals surface area contributed by atoms with E-state index in [-0.39, 0.29) is 15.5 Å². The molecule has 5 rings (SSSR count). The normalized spacial score (nSPS) is 17.2. The van der Waals surface area contributed by atoms with Gasteiger partial charge < -0.3 is 10.6 Å². The Kier molecular flexibility index (Phi) is 4.91. The molecule has 30 heavy (non-hydrogen) atoms. The summed E-state index contributed by atoms with van der Waals surface area (Å²) in [4.78, 5) is 9.80. The molecule has 0 unspecified atom stereocenters. The van der Waals surface area contributed by atoms with Gasteiger partial charge in [-0.05, 0) is 67.8 Å². The molecule has 8 heteroatoms. The average molecular weight is 439 g/mol. The van der Waals surface area contributed by atoms with Gasteiger partial charge in [-0.1, -0.05) is 24.6 Å². The average Bonchev–Trinajstić information content (AvgIpc) is 3.13. The zero-order valence-corrected chi connectivity index (χ0v) is 18.0. The third-order valence-electron chi connectivity index (χ3n) is 5.65. The quantitative estimate of drug-likeness (QED) is 0.557. The first-order chi connectivity index (χ1) is 14.6. The van der Waals surface area contributed by atoms with Crippen LogP contribution < -0.4 is 10.6 Å². The molecule has 0 bridgehead atoms. The largest absolute Gasteiger partial charge is 0.361 e.